The van der Waals surface area contributed by atoms with Gasteiger partial charge in [0.2, 0.25) is 5.88 Å². The van der Waals surface area contributed by atoms with Gasteiger partial charge in [-0.25, -0.2) is 23.7 Å². The molecule has 0 aliphatic heterocycles. The molecule has 1 amide bonds. The first kappa shape index (κ1) is 21.7. The van der Waals surface area contributed by atoms with Crippen molar-refractivity contribution in [2.75, 3.05) is 5.32 Å². The first-order valence-corrected chi connectivity index (χ1v) is 9.81. The summed E-state index contributed by atoms with van der Waals surface area (Å²) in [5.74, 6) is -4.12. The maximum Gasteiger partial charge on any atom is 0.304 e. The van der Waals surface area contributed by atoms with E-state index in [4.69, 9.17) is 28.6 Å². The lowest BCUT2D eigenvalue weighted by molar-refractivity contribution is -0.111. The minimum absolute atomic E-state index is 0.0780. The quantitative estimate of drug-likeness (QED) is 0.441. The van der Waals surface area contributed by atoms with E-state index in [1.54, 1.807) is 30.9 Å². The summed E-state index contributed by atoms with van der Waals surface area (Å²) in [4.78, 5) is 28.5. The number of imidazole rings is 1. The van der Waals surface area contributed by atoms with E-state index in [9.17, 15) is 13.6 Å². The van der Waals surface area contributed by atoms with Crippen molar-refractivity contribution >= 4 is 46.2 Å². The Hall–Kier alpha value is -3.57. The summed E-state index contributed by atoms with van der Waals surface area (Å²) in [5.41, 5.74) is 1.75. The highest BCUT2D eigenvalue weighted by Gasteiger charge is 2.28. The van der Waals surface area contributed by atoms with Crippen molar-refractivity contribution < 1.29 is 18.3 Å². The number of aromatic nitrogens is 5. The molecule has 0 saturated carbocycles. The lowest BCUT2D eigenvalue weighted by Gasteiger charge is -2.14. The molecule has 0 fully saturated rings. The standard InChI is InChI=1S/C20H13ClF2N6O2S/c1-20(22,23)12-6-15(25-8-13(12)21)28-18(30)19(32)31-17-3-2-11(7-27-17)14-9-26-16-10-24-4-5-29(14)16/h2-10H,1H3,(H,25,28,30). The van der Waals surface area contributed by atoms with E-state index in [0.29, 0.717) is 12.6 Å². The van der Waals surface area contributed by atoms with Gasteiger partial charge in [-0.2, -0.15) is 0 Å². The number of carbonyl (C=O) groups is 1. The lowest BCUT2D eigenvalue weighted by Crippen LogP contribution is -2.26. The van der Waals surface area contributed by atoms with Crippen LogP contribution in [0.25, 0.3) is 16.9 Å². The van der Waals surface area contributed by atoms with Crippen molar-refractivity contribution in [3.63, 3.8) is 0 Å². The molecular formula is C20H13ClF2N6O2S. The van der Waals surface area contributed by atoms with Gasteiger partial charge in [0.25, 0.3) is 11.0 Å². The Morgan fingerprint density at radius 2 is 2.00 bits per heavy atom. The largest absolute Gasteiger partial charge is 0.422 e. The molecule has 0 atom stereocenters. The molecule has 0 aliphatic carbocycles. The van der Waals surface area contributed by atoms with E-state index >= 15 is 0 Å². The number of rotatable bonds is 4. The number of amides is 1. The number of anilines is 1. The van der Waals surface area contributed by atoms with E-state index in [1.165, 1.54) is 12.3 Å². The highest BCUT2D eigenvalue weighted by molar-refractivity contribution is 7.81. The second kappa shape index (κ2) is 8.52. The van der Waals surface area contributed by atoms with Crippen LogP contribution in [0.4, 0.5) is 14.6 Å². The molecule has 162 valence electrons. The van der Waals surface area contributed by atoms with Crippen LogP contribution in [0, 0.1) is 0 Å². The summed E-state index contributed by atoms with van der Waals surface area (Å²) >= 11 is 10.7. The lowest BCUT2D eigenvalue weighted by atomic mass is 10.1. The van der Waals surface area contributed by atoms with E-state index < -0.39 is 22.4 Å². The number of fused-ring (bicyclic) bond motifs is 1. The van der Waals surface area contributed by atoms with Crippen molar-refractivity contribution in [3.05, 3.63) is 66.0 Å². The van der Waals surface area contributed by atoms with Gasteiger partial charge in [-0.15, -0.1) is 0 Å². The third-order valence-electron chi connectivity index (χ3n) is 4.30. The molecule has 4 heterocycles. The number of ether oxygens (including phenoxy) is 1. The van der Waals surface area contributed by atoms with E-state index in [1.807, 2.05) is 4.40 Å². The van der Waals surface area contributed by atoms with Crippen LogP contribution in [-0.4, -0.2) is 35.3 Å². The van der Waals surface area contributed by atoms with Crippen molar-refractivity contribution in [3.8, 4) is 17.1 Å². The van der Waals surface area contributed by atoms with Crippen LogP contribution in [0.1, 0.15) is 12.5 Å². The maximum absolute atomic E-state index is 13.6. The Labute approximate surface area is 190 Å². The predicted molar refractivity (Wildman–Crippen MR) is 117 cm³/mol. The minimum atomic E-state index is -3.21. The zero-order valence-electron chi connectivity index (χ0n) is 16.3. The SMILES string of the molecule is CC(F)(F)c1cc(NC(=O)C(=S)Oc2ccc(-c3cnc4cnccn34)cn2)ncc1Cl. The Morgan fingerprint density at radius 3 is 2.72 bits per heavy atom. The molecule has 0 aromatic carbocycles. The number of hydrogen-bond donors (Lipinski definition) is 1. The summed E-state index contributed by atoms with van der Waals surface area (Å²) in [6, 6.07) is 4.23. The minimum Gasteiger partial charge on any atom is -0.422 e. The number of halogens is 3. The average Bonchev–Trinajstić information content (AvgIpc) is 3.19. The molecule has 0 radical (unpaired) electrons. The summed E-state index contributed by atoms with van der Waals surface area (Å²) in [6.45, 7) is 0.687. The number of thiocarbonyl (C=S) groups is 1. The van der Waals surface area contributed by atoms with Gasteiger partial charge in [0, 0.05) is 48.9 Å². The van der Waals surface area contributed by atoms with Crippen LogP contribution in [0.5, 0.6) is 5.88 Å². The molecule has 0 bridgehead atoms. The highest BCUT2D eigenvalue weighted by Crippen LogP contribution is 2.33. The summed E-state index contributed by atoms with van der Waals surface area (Å²) in [5, 5.41) is 1.62. The zero-order valence-corrected chi connectivity index (χ0v) is 17.9. The van der Waals surface area contributed by atoms with Gasteiger partial charge in [-0.3, -0.25) is 14.2 Å². The third-order valence-corrected chi connectivity index (χ3v) is 4.87. The van der Waals surface area contributed by atoms with Crippen LogP contribution in [0.2, 0.25) is 5.02 Å². The molecule has 1 N–H and O–H groups in total. The average molecular weight is 475 g/mol. The normalized spacial score (nSPS) is 11.4. The van der Waals surface area contributed by atoms with E-state index in [-0.39, 0.29) is 16.7 Å². The molecule has 32 heavy (non-hydrogen) atoms. The predicted octanol–water partition coefficient (Wildman–Crippen LogP) is 4.30. The fourth-order valence-corrected chi connectivity index (χ4v) is 3.21. The van der Waals surface area contributed by atoms with Gasteiger partial charge >= 0.3 is 5.91 Å². The molecule has 0 saturated heterocycles. The number of pyridine rings is 2. The van der Waals surface area contributed by atoms with Gasteiger partial charge in [0.15, 0.2) is 5.65 Å². The number of nitrogens with one attached hydrogen (secondary N) is 1. The molecule has 0 spiro atoms. The Kier molecular flexibility index (Phi) is 5.76. The van der Waals surface area contributed by atoms with Gasteiger partial charge in [-0.05, 0) is 24.4 Å². The Balaban J connectivity index is 1.44. The molecule has 12 heteroatoms. The van der Waals surface area contributed by atoms with Crippen LogP contribution in [0.3, 0.4) is 0 Å². The molecule has 0 aliphatic rings. The molecule has 4 aromatic rings. The maximum atomic E-state index is 13.6. The summed E-state index contributed by atoms with van der Waals surface area (Å²) < 4.78 is 34.4. The van der Waals surface area contributed by atoms with Gasteiger partial charge in [-0.1, -0.05) is 11.6 Å². The summed E-state index contributed by atoms with van der Waals surface area (Å²) in [6.07, 6.45) is 9.28. The van der Waals surface area contributed by atoms with Crippen molar-refractivity contribution in [2.45, 2.75) is 12.8 Å². The first-order valence-electron chi connectivity index (χ1n) is 9.03. The van der Waals surface area contributed by atoms with Crippen molar-refractivity contribution in [1.29, 1.82) is 0 Å². The second-order valence-corrected chi connectivity index (χ2v) is 7.39. The number of hydrogen-bond acceptors (Lipinski definition) is 7. The monoisotopic (exact) mass is 474 g/mol. The number of carbonyl (C=O) groups excluding carboxylic acids is 1. The van der Waals surface area contributed by atoms with Crippen molar-refractivity contribution in [2.24, 2.45) is 0 Å². The molecule has 0 unspecified atom stereocenters. The van der Waals surface area contributed by atoms with Gasteiger partial charge in [0.05, 0.1) is 23.1 Å². The fraction of sp³-hybridized carbons (Fsp3) is 0.100. The third kappa shape index (κ3) is 4.53. The molecular weight excluding hydrogens is 462 g/mol. The molecule has 4 aromatic heterocycles. The Bertz CT molecular complexity index is 1320. The zero-order chi connectivity index (χ0) is 22.9. The van der Waals surface area contributed by atoms with Crippen LogP contribution in [0.15, 0.2) is 55.4 Å². The smallest absolute Gasteiger partial charge is 0.304 e. The topological polar surface area (TPSA) is 94.3 Å². The van der Waals surface area contributed by atoms with Crippen molar-refractivity contribution in [1.82, 2.24) is 24.3 Å². The fourth-order valence-electron chi connectivity index (χ4n) is 2.80. The van der Waals surface area contributed by atoms with Crippen LogP contribution < -0.4 is 10.1 Å². The van der Waals surface area contributed by atoms with Gasteiger partial charge < -0.3 is 10.1 Å². The second-order valence-electron chi connectivity index (χ2n) is 6.61. The van der Waals surface area contributed by atoms with Crippen LogP contribution >= 0.6 is 23.8 Å². The van der Waals surface area contributed by atoms with E-state index in [0.717, 1.165) is 23.5 Å². The molecule has 4 rings (SSSR count). The number of nitrogens with zero attached hydrogens (tertiary/aromatic N) is 5. The van der Waals surface area contributed by atoms with Crippen LogP contribution in [-0.2, 0) is 10.7 Å². The van der Waals surface area contributed by atoms with Gasteiger partial charge in [0.1, 0.15) is 5.82 Å². The van der Waals surface area contributed by atoms with E-state index in [2.05, 4.69) is 25.3 Å². The summed E-state index contributed by atoms with van der Waals surface area (Å²) in [7, 11) is 0. The first-order chi connectivity index (χ1) is 15.2. The number of alkyl halides is 2. The Morgan fingerprint density at radius 1 is 1.19 bits per heavy atom. The molecule has 8 nitrogen and oxygen atoms in total. The highest BCUT2D eigenvalue weighted by atomic mass is 35.5.